The van der Waals surface area contributed by atoms with Crippen LogP contribution in [0.4, 0.5) is 0 Å². The Balaban J connectivity index is 1.79. The van der Waals surface area contributed by atoms with Gasteiger partial charge in [-0.1, -0.05) is 26.2 Å². The molecule has 0 spiro atoms. The van der Waals surface area contributed by atoms with Gasteiger partial charge in [0.25, 0.3) is 0 Å². The third kappa shape index (κ3) is 3.24. The lowest BCUT2D eigenvalue weighted by atomic mass is 10.1. The summed E-state index contributed by atoms with van der Waals surface area (Å²) in [5.74, 6) is 0.124. The van der Waals surface area contributed by atoms with E-state index in [2.05, 4.69) is 12.2 Å². The lowest BCUT2D eigenvalue weighted by Gasteiger charge is -2.17. The summed E-state index contributed by atoms with van der Waals surface area (Å²) in [6.07, 6.45) is 7.17. The summed E-state index contributed by atoms with van der Waals surface area (Å²) in [5, 5.41) is 3.10. The highest BCUT2D eigenvalue weighted by Gasteiger charge is 2.34. The fraction of sp³-hybridized carbons (Fsp3) is 0.857. The third-order valence-electron chi connectivity index (χ3n) is 4.07. The molecule has 2 rings (SSSR count). The van der Waals surface area contributed by atoms with Crippen molar-refractivity contribution in [3.8, 4) is 0 Å². The highest BCUT2D eigenvalue weighted by atomic mass is 16.2. The number of hydrogen-bond donors (Lipinski definition) is 1. The topological polar surface area (TPSA) is 49.4 Å². The number of carbonyl (C=O) groups is 2. The largest absolute Gasteiger partial charge is 0.353 e. The van der Waals surface area contributed by atoms with Crippen LogP contribution in [0.2, 0.25) is 0 Å². The molecule has 1 saturated heterocycles. The number of unbranched alkanes of at least 4 members (excludes halogenated alkanes) is 1. The molecule has 1 N–H and O–H groups in total. The maximum atomic E-state index is 12.1. The Morgan fingerprint density at radius 3 is 2.78 bits per heavy atom. The van der Waals surface area contributed by atoms with Crippen molar-refractivity contribution in [1.82, 2.24) is 10.2 Å². The Hall–Kier alpha value is -1.06. The van der Waals surface area contributed by atoms with Crippen LogP contribution in [0.5, 0.6) is 0 Å². The van der Waals surface area contributed by atoms with Crippen LogP contribution >= 0.6 is 0 Å². The second-order valence-corrected chi connectivity index (χ2v) is 5.58. The standard InChI is InChI=1S/C14H24N2O2/c1-2-3-8-16-10-11(9-13(16)17)14(18)15-12-6-4-5-7-12/h11-12H,2-10H2,1H3,(H,15,18). The first-order valence-corrected chi connectivity index (χ1v) is 7.29. The molecule has 2 aliphatic rings. The third-order valence-corrected chi connectivity index (χ3v) is 4.07. The van der Waals surface area contributed by atoms with Gasteiger partial charge in [0.2, 0.25) is 11.8 Å². The summed E-state index contributed by atoms with van der Waals surface area (Å²) in [7, 11) is 0. The highest BCUT2D eigenvalue weighted by molar-refractivity contribution is 5.89. The average Bonchev–Trinajstić information content (AvgIpc) is 2.96. The molecule has 1 unspecified atom stereocenters. The van der Waals surface area contributed by atoms with Crippen LogP contribution in [0.1, 0.15) is 51.9 Å². The first-order chi connectivity index (χ1) is 8.70. The molecule has 4 heteroatoms. The van der Waals surface area contributed by atoms with E-state index in [1.54, 1.807) is 0 Å². The summed E-state index contributed by atoms with van der Waals surface area (Å²) >= 11 is 0. The van der Waals surface area contributed by atoms with E-state index < -0.39 is 0 Å². The van der Waals surface area contributed by atoms with Crippen molar-refractivity contribution >= 4 is 11.8 Å². The van der Waals surface area contributed by atoms with Crippen LogP contribution in [0, 0.1) is 5.92 Å². The second-order valence-electron chi connectivity index (χ2n) is 5.58. The summed E-state index contributed by atoms with van der Waals surface area (Å²) in [6.45, 7) is 3.55. The summed E-state index contributed by atoms with van der Waals surface area (Å²) in [6, 6.07) is 0.359. The minimum atomic E-state index is -0.116. The van der Waals surface area contributed by atoms with E-state index in [0.29, 0.717) is 19.0 Å². The van der Waals surface area contributed by atoms with E-state index in [9.17, 15) is 9.59 Å². The van der Waals surface area contributed by atoms with Gasteiger partial charge in [0.1, 0.15) is 0 Å². The van der Waals surface area contributed by atoms with E-state index in [4.69, 9.17) is 0 Å². The molecule has 0 radical (unpaired) electrons. The van der Waals surface area contributed by atoms with Crippen molar-refractivity contribution in [3.05, 3.63) is 0 Å². The Morgan fingerprint density at radius 1 is 1.39 bits per heavy atom. The molecule has 1 aliphatic carbocycles. The Labute approximate surface area is 109 Å². The van der Waals surface area contributed by atoms with Gasteiger partial charge in [-0.2, -0.15) is 0 Å². The first-order valence-electron chi connectivity index (χ1n) is 7.29. The number of rotatable bonds is 5. The van der Waals surface area contributed by atoms with Gasteiger partial charge in [0.15, 0.2) is 0 Å². The zero-order valence-corrected chi connectivity index (χ0v) is 11.3. The summed E-state index contributed by atoms with van der Waals surface area (Å²) in [5.41, 5.74) is 0. The number of nitrogens with zero attached hydrogens (tertiary/aromatic N) is 1. The van der Waals surface area contributed by atoms with Crippen LogP contribution in [-0.2, 0) is 9.59 Å². The molecule has 0 aromatic carbocycles. The Bertz CT molecular complexity index is 311. The maximum Gasteiger partial charge on any atom is 0.225 e. The molecule has 0 bridgehead atoms. The molecule has 2 fully saturated rings. The molecule has 4 nitrogen and oxygen atoms in total. The molecular weight excluding hydrogens is 228 g/mol. The number of hydrogen-bond acceptors (Lipinski definition) is 2. The zero-order chi connectivity index (χ0) is 13.0. The van der Waals surface area contributed by atoms with Crippen molar-refractivity contribution in [1.29, 1.82) is 0 Å². The van der Waals surface area contributed by atoms with Gasteiger partial charge < -0.3 is 10.2 Å². The minimum Gasteiger partial charge on any atom is -0.353 e. The van der Waals surface area contributed by atoms with Crippen LogP contribution in [-0.4, -0.2) is 35.8 Å². The van der Waals surface area contributed by atoms with E-state index in [0.717, 1.165) is 32.2 Å². The fourth-order valence-corrected chi connectivity index (χ4v) is 2.90. The van der Waals surface area contributed by atoms with Crippen molar-refractivity contribution in [2.45, 2.75) is 57.9 Å². The smallest absolute Gasteiger partial charge is 0.225 e. The van der Waals surface area contributed by atoms with Crippen LogP contribution in [0.3, 0.4) is 0 Å². The molecule has 2 amide bonds. The van der Waals surface area contributed by atoms with Crippen LogP contribution < -0.4 is 5.32 Å². The molecule has 1 saturated carbocycles. The molecule has 1 aliphatic heterocycles. The average molecular weight is 252 g/mol. The Morgan fingerprint density at radius 2 is 2.11 bits per heavy atom. The fourth-order valence-electron chi connectivity index (χ4n) is 2.90. The maximum absolute atomic E-state index is 12.1. The lowest BCUT2D eigenvalue weighted by molar-refractivity contribution is -0.129. The van der Waals surface area contributed by atoms with Gasteiger partial charge >= 0.3 is 0 Å². The van der Waals surface area contributed by atoms with Crippen molar-refractivity contribution in [2.75, 3.05) is 13.1 Å². The highest BCUT2D eigenvalue weighted by Crippen LogP contribution is 2.21. The minimum absolute atomic E-state index is 0.0919. The monoisotopic (exact) mass is 252 g/mol. The number of nitrogens with one attached hydrogen (secondary N) is 1. The molecule has 102 valence electrons. The van der Waals surface area contributed by atoms with Crippen molar-refractivity contribution in [2.24, 2.45) is 5.92 Å². The van der Waals surface area contributed by atoms with E-state index in [-0.39, 0.29) is 17.7 Å². The molecule has 1 atom stereocenters. The van der Waals surface area contributed by atoms with Crippen LogP contribution in [0.15, 0.2) is 0 Å². The Kier molecular flexibility index (Phi) is 4.61. The number of carbonyl (C=O) groups excluding carboxylic acids is 2. The van der Waals surface area contributed by atoms with E-state index in [1.807, 2.05) is 4.90 Å². The van der Waals surface area contributed by atoms with Crippen molar-refractivity contribution < 1.29 is 9.59 Å². The SMILES string of the molecule is CCCCN1CC(C(=O)NC2CCCC2)CC1=O. The van der Waals surface area contributed by atoms with Gasteiger partial charge in [0, 0.05) is 25.6 Å². The molecular formula is C14H24N2O2. The number of amides is 2. The molecule has 1 heterocycles. The zero-order valence-electron chi connectivity index (χ0n) is 11.3. The second kappa shape index (κ2) is 6.21. The van der Waals surface area contributed by atoms with Gasteiger partial charge in [-0.05, 0) is 19.3 Å². The predicted molar refractivity (Wildman–Crippen MR) is 70.0 cm³/mol. The van der Waals surface area contributed by atoms with E-state index >= 15 is 0 Å². The molecule has 0 aromatic rings. The van der Waals surface area contributed by atoms with Gasteiger partial charge in [-0.3, -0.25) is 9.59 Å². The predicted octanol–water partition coefficient (Wildman–Crippen LogP) is 1.69. The number of likely N-dealkylation sites (tertiary alicyclic amines) is 1. The molecule has 18 heavy (non-hydrogen) atoms. The normalized spacial score (nSPS) is 24.8. The molecule has 0 aromatic heterocycles. The van der Waals surface area contributed by atoms with Gasteiger partial charge in [-0.15, -0.1) is 0 Å². The van der Waals surface area contributed by atoms with Crippen molar-refractivity contribution in [3.63, 3.8) is 0 Å². The lowest BCUT2D eigenvalue weighted by Crippen LogP contribution is -2.38. The van der Waals surface area contributed by atoms with Gasteiger partial charge in [0.05, 0.1) is 5.92 Å². The first kappa shape index (κ1) is 13.4. The van der Waals surface area contributed by atoms with E-state index in [1.165, 1.54) is 12.8 Å². The van der Waals surface area contributed by atoms with Crippen LogP contribution in [0.25, 0.3) is 0 Å². The van der Waals surface area contributed by atoms with Gasteiger partial charge in [-0.25, -0.2) is 0 Å². The quantitative estimate of drug-likeness (QED) is 0.809. The summed E-state index contributed by atoms with van der Waals surface area (Å²) < 4.78 is 0. The summed E-state index contributed by atoms with van der Waals surface area (Å²) in [4.78, 5) is 25.7.